The van der Waals surface area contributed by atoms with Crippen molar-refractivity contribution in [3.05, 3.63) is 45.7 Å². The Morgan fingerprint density at radius 2 is 1.83 bits per heavy atom. The number of benzene rings is 1. The van der Waals surface area contributed by atoms with Crippen LogP contribution in [0.3, 0.4) is 0 Å². The van der Waals surface area contributed by atoms with Gasteiger partial charge >= 0.3 is 5.97 Å². The third kappa shape index (κ3) is 3.30. The third-order valence-corrected chi connectivity index (χ3v) is 6.91. The highest BCUT2D eigenvalue weighted by atomic mass is 16.4. The molecule has 0 saturated heterocycles. The van der Waals surface area contributed by atoms with Crippen molar-refractivity contribution in [2.24, 2.45) is 17.6 Å². The number of hydrogen-bond donors (Lipinski definition) is 6. The number of carboxylic acids is 1. The highest BCUT2D eigenvalue weighted by molar-refractivity contribution is 6.24. The van der Waals surface area contributed by atoms with E-state index in [1.807, 2.05) is 5.92 Å². The topological polar surface area (TPSA) is 199 Å². The number of aliphatic hydroxyl groups is 3. The van der Waals surface area contributed by atoms with Crippen LogP contribution in [0.25, 0.3) is 5.76 Å². The molecule has 0 bridgehead atoms. The van der Waals surface area contributed by atoms with E-state index < -0.39 is 69.8 Å². The molecule has 0 radical (unpaired) electrons. The molecule has 1 amide bonds. The van der Waals surface area contributed by atoms with Gasteiger partial charge < -0.3 is 31.3 Å². The Balaban J connectivity index is 1.98. The van der Waals surface area contributed by atoms with Gasteiger partial charge in [0.15, 0.2) is 11.4 Å². The number of likely N-dealkylation sites (N-methyl/N-ethyl adjacent to an activating group) is 1. The molecule has 4 rings (SSSR count). The van der Waals surface area contributed by atoms with E-state index in [1.54, 1.807) is 0 Å². The summed E-state index contributed by atoms with van der Waals surface area (Å²) in [7, 11) is 3.01. The van der Waals surface area contributed by atoms with E-state index in [4.69, 9.17) is 10.8 Å². The molecule has 1 saturated carbocycles. The van der Waals surface area contributed by atoms with E-state index >= 15 is 0 Å². The SMILES string of the molecule is CN(C)C1C(=O)C(C(N)=O)=C(O)C2(O)C(=O)C3=C(O)c4c(O)ccc(C#CC(=O)O)c4CC3CC12. The number of phenolic OH excluding ortho intramolecular Hbond substituents is 1. The molecule has 7 N–H and O–H groups in total. The Hall–Kier alpha value is -4.14. The molecule has 11 heteroatoms. The minimum absolute atomic E-state index is 0.0204. The van der Waals surface area contributed by atoms with Gasteiger partial charge in [-0.05, 0) is 50.6 Å². The predicted molar refractivity (Wildman–Crippen MR) is 119 cm³/mol. The summed E-state index contributed by atoms with van der Waals surface area (Å²) in [6.07, 6.45) is -0.0558. The Morgan fingerprint density at radius 1 is 1.17 bits per heavy atom. The van der Waals surface area contributed by atoms with Gasteiger partial charge in [0.2, 0.25) is 5.78 Å². The second kappa shape index (κ2) is 7.97. The van der Waals surface area contributed by atoms with Crippen LogP contribution in [0.4, 0.5) is 0 Å². The standard InChI is InChI=1S/C24H22N2O9/c1-26(2)18-12-8-10-7-11-9(4-6-14(28)29)3-5-13(27)16(11)19(30)15(10)21(32)24(12,35)22(33)17(20(18)31)23(25)34/h3,5,10,12,18,27,30,33,35H,7-8H2,1-2H3,(H2,25,34)(H,28,29). The number of nitrogens with zero attached hydrogens (tertiary/aromatic N) is 1. The predicted octanol–water partition coefficient (Wildman–Crippen LogP) is -0.600. The number of aliphatic hydroxyl groups excluding tert-OH is 2. The molecule has 3 aliphatic carbocycles. The van der Waals surface area contributed by atoms with E-state index in [9.17, 15) is 39.6 Å². The molecule has 4 unspecified atom stereocenters. The molecular weight excluding hydrogens is 460 g/mol. The van der Waals surface area contributed by atoms with Crippen molar-refractivity contribution in [2.75, 3.05) is 14.1 Å². The lowest BCUT2D eigenvalue weighted by Crippen LogP contribution is -2.65. The summed E-state index contributed by atoms with van der Waals surface area (Å²) in [4.78, 5) is 51.0. The van der Waals surface area contributed by atoms with Crippen molar-refractivity contribution < 1.29 is 44.7 Å². The van der Waals surface area contributed by atoms with Crippen LogP contribution in [0.5, 0.6) is 5.75 Å². The van der Waals surface area contributed by atoms with Gasteiger partial charge in [-0.2, -0.15) is 0 Å². The van der Waals surface area contributed by atoms with Crippen LogP contribution >= 0.6 is 0 Å². The zero-order valence-electron chi connectivity index (χ0n) is 18.7. The first-order valence-corrected chi connectivity index (χ1v) is 10.6. The summed E-state index contributed by atoms with van der Waals surface area (Å²) in [5, 5.41) is 52.7. The fourth-order valence-electron chi connectivity index (χ4n) is 5.48. The minimum Gasteiger partial charge on any atom is -0.508 e. The van der Waals surface area contributed by atoms with E-state index in [0.717, 1.165) is 0 Å². The molecule has 182 valence electrons. The van der Waals surface area contributed by atoms with Gasteiger partial charge in [-0.1, -0.05) is 5.92 Å². The molecule has 1 aromatic carbocycles. The lowest BCUT2D eigenvalue weighted by molar-refractivity contribution is -0.153. The molecular formula is C24H22N2O9. The maximum absolute atomic E-state index is 13.7. The van der Waals surface area contributed by atoms with Crippen LogP contribution in [0.1, 0.15) is 23.1 Å². The quantitative estimate of drug-likeness (QED) is 0.234. The molecule has 35 heavy (non-hydrogen) atoms. The second-order valence-electron chi connectivity index (χ2n) is 9.00. The van der Waals surface area contributed by atoms with Crippen molar-refractivity contribution >= 4 is 29.2 Å². The van der Waals surface area contributed by atoms with Crippen LogP contribution in [0, 0.1) is 23.7 Å². The summed E-state index contributed by atoms with van der Waals surface area (Å²) in [6.45, 7) is 0. The van der Waals surface area contributed by atoms with Crippen LogP contribution in [-0.4, -0.2) is 79.6 Å². The number of carbonyl (C=O) groups is 4. The fraction of sp³-hybridized carbons (Fsp3) is 0.333. The largest absolute Gasteiger partial charge is 0.508 e. The summed E-state index contributed by atoms with van der Waals surface area (Å²) < 4.78 is 0. The van der Waals surface area contributed by atoms with Crippen molar-refractivity contribution in [3.63, 3.8) is 0 Å². The fourth-order valence-corrected chi connectivity index (χ4v) is 5.48. The Kier molecular flexibility index (Phi) is 5.47. The van der Waals surface area contributed by atoms with Gasteiger partial charge in [0.25, 0.3) is 5.91 Å². The Morgan fingerprint density at radius 3 is 2.40 bits per heavy atom. The van der Waals surface area contributed by atoms with Crippen LogP contribution in [-0.2, 0) is 25.6 Å². The van der Waals surface area contributed by atoms with Crippen molar-refractivity contribution in [1.29, 1.82) is 0 Å². The van der Waals surface area contributed by atoms with Gasteiger partial charge in [-0.25, -0.2) is 4.79 Å². The average molecular weight is 482 g/mol. The van der Waals surface area contributed by atoms with Gasteiger partial charge in [-0.15, -0.1) is 0 Å². The zero-order chi connectivity index (χ0) is 26.0. The monoisotopic (exact) mass is 482 g/mol. The average Bonchev–Trinajstić information content (AvgIpc) is 2.75. The first-order valence-electron chi connectivity index (χ1n) is 10.6. The smallest absolute Gasteiger partial charge is 0.382 e. The maximum Gasteiger partial charge on any atom is 0.382 e. The normalized spacial score (nSPS) is 27.6. The molecule has 11 nitrogen and oxygen atoms in total. The van der Waals surface area contributed by atoms with Gasteiger partial charge in [0.1, 0.15) is 22.8 Å². The number of Topliss-reactive ketones (excluding diaryl/α,β-unsaturated/α-hetero) is 2. The molecule has 3 aliphatic rings. The molecule has 0 aromatic heterocycles. The number of primary amides is 1. The molecule has 0 aliphatic heterocycles. The van der Waals surface area contributed by atoms with Crippen molar-refractivity contribution in [1.82, 2.24) is 4.90 Å². The van der Waals surface area contributed by atoms with Crippen molar-refractivity contribution in [3.8, 4) is 17.6 Å². The first kappa shape index (κ1) is 24.0. The van der Waals surface area contributed by atoms with E-state index in [1.165, 1.54) is 31.1 Å². The highest BCUT2D eigenvalue weighted by Gasteiger charge is 2.64. The summed E-state index contributed by atoms with van der Waals surface area (Å²) >= 11 is 0. The van der Waals surface area contributed by atoms with Crippen molar-refractivity contribution in [2.45, 2.75) is 24.5 Å². The lowest BCUT2D eigenvalue weighted by atomic mass is 9.57. The Labute approximate surface area is 198 Å². The van der Waals surface area contributed by atoms with Crippen LogP contribution < -0.4 is 5.73 Å². The van der Waals surface area contributed by atoms with E-state index in [0.29, 0.717) is 5.56 Å². The number of phenols is 1. The number of carboxylic acid groups (broad SMARTS) is 1. The molecule has 1 fully saturated rings. The number of carbonyl (C=O) groups excluding carboxylic acids is 3. The zero-order valence-corrected chi connectivity index (χ0v) is 18.7. The summed E-state index contributed by atoms with van der Waals surface area (Å²) in [6, 6.07) is 1.36. The molecule has 0 heterocycles. The number of aliphatic carboxylic acids is 1. The van der Waals surface area contributed by atoms with Crippen LogP contribution in [0.2, 0.25) is 0 Å². The molecule has 4 atom stereocenters. The van der Waals surface area contributed by atoms with Gasteiger partial charge in [0.05, 0.1) is 11.6 Å². The Bertz CT molecular complexity index is 1340. The number of fused-ring (bicyclic) bond motifs is 3. The van der Waals surface area contributed by atoms with Gasteiger partial charge in [0, 0.05) is 23.0 Å². The number of aromatic hydroxyl groups is 1. The summed E-state index contributed by atoms with van der Waals surface area (Å²) in [5.74, 6) is -4.46. The van der Waals surface area contributed by atoms with Gasteiger partial charge in [-0.3, -0.25) is 19.3 Å². The third-order valence-electron chi connectivity index (χ3n) is 6.91. The first-order chi connectivity index (χ1) is 16.3. The molecule has 1 aromatic rings. The second-order valence-corrected chi connectivity index (χ2v) is 9.00. The highest BCUT2D eigenvalue weighted by Crippen LogP contribution is 2.52. The number of hydrogen-bond acceptors (Lipinski definition) is 9. The number of amides is 1. The van der Waals surface area contributed by atoms with E-state index in [2.05, 4.69) is 5.92 Å². The lowest BCUT2D eigenvalue weighted by Gasteiger charge is -2.50. The molecule has 0 spiro atoms. The maximum atomic E-state index is 13.7. The number of rotatable bonds is 2. The number of ketones is 2. The minimum atomic E-state index is -2.72. The summed E-state index contributed by atoms with van der Waals surface area (Å²) in [5.41, 5.74) is 1.72. The van der Waals surface area contributed by atoms with Crippen LogP contribution in [0.15, 0.2) is 29.0 Å². The van der Waals surface area contributed by atoms with E-state index in [-0.39, 0.29) is 29.5 Å². The number of nitrogens with two attached hydrogens (primary N) is 1.